The molecule has 6 nitrogen and oxygen atoms in total. The standard InChI is InChI=1S/C9H9N5OS/c10-16(11,15)5-1-2-7-6(3-5)9-8(13-7)4-12-14-9/h1-4,13H,(H,12,14)(H3,10,11,15). The summed E-state index contributed by atoms with van der Waals surface area (Å²) >= 11 is 0. The van der Waals surface area contributed by atoms with Crippen LogP contribution < -0.4 is 5.14 Å². The van der Waals surface area contributed by atoms with Gasteiger partial charge in [0.1, 0.15) is 9.92 Å². The average Bonchev–Trinajstić information content (AvgIpc) is 2.74. The molecule has 0 radical (unpaired) electrons. The minimum absolute atomic E-state index is 0.315. The lowest BCUT2D eigenvalue weighted by Gasteiger charge is -2.00. The van der Waals surface area contributed by atoms with E-state index in [9.17, 15) is 4.21 Å². The summed E-state index contributed by atoms with van der Waals surface area (Å²) in [4.78, 5) is 3.46. The Morgan fingerprint density at radius 3 is 2.94 bits per heavy atom. The molecule has 1 aromatic carbocycles. The number of nitrogens with two attached hydrogens (primary N) is 1. The lowest BCUT2D eigenvalue weighted by molar-refractivity contribution is 0.676. The first-order valence-corrected chi connectivity index (χ1v) is 6.19. The number of nitrogens with zero attached hydrogens (tertiary/aromatic N) is 1. The van der Waals surface area contributed by atoms with Gasteiger partial charge in [0, 0.05) is 10.9 Å². The van der Waals surface area contributed by atoms with Crippen LogP contribution in [-0.2, 0) is 9.92 Å². The molecule has 0 spiro atoms. The summed E-state index contributed by atoms with van der Waals surface area (Å²) in [6, 6.07) is 5.02. The predicted octanol–water partition coefficient (Wildman–Crippen LogP) is 1.32. The Balaban J connectivity index is 2.45. The van der Waals surface area contributed by atoms with E-state index in [1.54, 1.807) is 24.4 Å². The highest BCUT2D eigenvalue weighted by Gasteiger charge is 2.09. The summed E-state index contributed by atoms with van der Waals surface area (Å²) < 4.78 is 18.8. The second-order valence-electron chi connectivity index (χ2n) is 3.59. The predicted molar refractivity (Wildman–Crippen MR) is 61.3 cm³/mol. The molecule has 0 aliphatic rings. The van der Waals surface area contributed by atoms with Crippen molar-refractivity contribution in [2.45, 2.75) is 4.90 Å². The molecule has 1 unspecified atom stereocenters. The topological polar surface area (TPSA) is 111 Å². The van der Waals surface area contributed by atoms with Gasteiger partial charge in [-0.05, 0) is 18.2 Å². The summed E-state index contributed by atoms with van der Waals surface area (Å²) in [6.45, 7) is 0. The Hall–Kier alpha value is -1.86. The third kappa shape index (κ3) is 1.22. The third-order valence-corrected chi connectivity index (χ3v) is 3.47. The quantitative estimate of drug-likeness (QED) is 0.510. The van der Waals surface area contributed by atoms with Gasteiger partial charge in [-0.15, -0.1) is 0 Å². The maximum atomic E-state index is 11.4. The van der Waals surface area contributed by atoms with E-state index >= 15 is 0 Å². The molecule has 0 fully saturated rings. The summed E-state index contributed by atoms with van der Waals surface area (Å²) in [5.41, 5.74) is 2.61. The molecular formula is C9H9N5OS. The smallest absolute Gasteiger partial charge is 0.132 e. The SMILES string of the molecule is N=S(N)(=O)c1ccc2[nH]c3cn[nH]c3c2c1. The van der Waals surface area contributed by atoms with Crippen LogP contribution in [0, 0.1) is 4.78 Å². The average molecular weight is 235 g/mol. The van der Waals surface area contributed by atoms with Gasteiger partial charge in [0.15, 0.2) is 0 Å². The number of fused-ring (bicyclic) bond motifs is 3. The molecule has 0 saturated heterocycles. The number of hydrogen-bond donors (Lipinski definition) is 4. The summed E-state index contributed by atoms with van der Waals surface area (Å²) in [7, 11) is -3.17. The monoisotopic (exact) mass is 235 g/mol. The van der Waals surface area contributed by atoms with E-state index in [0.29, 0.717) is 4.90 Å². The molecule has 2 aromatic heterocycles. The summed E-state index contributed by atoms with van der Waals surface area (Å²) in [6.07, 6.45) is 1.68. The minimum Gasteiger partial charge on any atom is -0.352 e. The number of aromatic nitrogens is 3. The number of H-pyrrole nitrogens is 2. The van der Waals surface area contributed by atoms with Crippen molar-refractivity contribution in [3.63, 3.8) is 0 Å². The molecule has 0 bridgehead atoms. The van der Waals surface area contributed by atoms with E-state index in [0.717, 1.165) is 21.9 Å². The highest BCUT2D eigenvalue weighted by atomic mass is 32.2. The maximum Gasteiger partial charge on any atom is 0.132 e. The van der Waals surface area contributed by atoms with Gasteiger partial charge in [-0.3, -0.25) is 5.10 Å². The van der Waals surface area contributed by atoms with Crippen LogP contribution in [0.15, 0.2) is 29.3 Å². The number of aromatic amines is 2. The van der Waals surface area contributed by atoms with Crippen molar-refractivity contribution in [2.24, 2.45) is 5.14 Å². The molecule has 3 rings (SSSR count). The Bertz CT molecular complexity index is 783. The first-order valence-electron chi connectivity index (χ1n) is 4.57. The second-order valence-corrected chi connectivity index (χ2v) is 5.26. The number of rotatable bonds is 1. The van der Waals surface area contributed by atoms with Gasteiger partial charge in [-0.25, -0.2) is 14.1 Å². The molecule has 0 aliphatic heterocycles. The number of benzene rings is 1. The van der Waals surface area contributed by atoms with Crippen LogP contribution in [0.4, 0.5) is 0 Å². The molecule has 0 saturated carbocycles. The fourth-order valence-electron chi connectivity index (χ4n) is 1.76. The van der Waals surface area contributed by atoms with Crippen LogP contribution in [0.25, 0.3) is 21.9 Å². The van der Waals surface area contributed by atoms with E-state index in [2.05, 4.69) is 15.2 Å². The summed E-state index contributed by atoms with van der Waals surface area (Å²) in [5.74, 6) is 0. The lowest BCUT2D eigenvalue weighted by atomic mass is 10.2. The van der Waals surface area contributed by atoms with Crippen molar-refractivity contribution in [2.75, 3.05) is 0 Å². The van der Waals surface area contributed by atoms with E-state index in [4.69, 9.17) is 9.92 Å². The van der Waals surface area contributed by atoms with Crippen LogP contribution in [0.1, 0.15) is 0 Å². The van der Waals surface area contributed by atoms with Gasteiger partial charge < -0.3 is 4.98 Å². The van der Waals surface area contributed by atoms with Crippen molar-refractivity contribution in [3.8, 4) is 0 Å². The molecule has 2 heterocycles. The van der Waals surface area contributed by atoms with Gasteiger partial charge in [0.25, 0.3) is 0 Å². The van der Waals surface area contributed by atoms with Gasteiger partial charge >= 0.3 is 0 Å². The van der Waals surface area contributed by atoms with Gasteiger partial charge in [-0.2, -0.15) is 5.10 Å². The van der Waals surface area contributed by atoms with E-state index in [-0.39, 0.29) is 0 Å². The largest absolute Gasteiger partial charge is 0.352 e. The fourth-order valence-corrected chi connectivity index (χ4v) is 2.32. The highest BCUT2D eigenvalue weighted by Crippen LogP contribution is 2.25. The molecule has 82 valence electrons. The Morgan fingerprint density at radius 2 is 2.19 bits per heavy atom. The van der Waals surface area contributed by atoms with Gasteiger partial charge in [0.2, 0.25) is 0 Å². The Morgan fingerprint density at radius 1 is 1.38 bits per heavy atom. The number of hydrogen-bond acceptors (Lipinski definition) is 3. The summed E-state index contributed by atoms with van der Waals surface area (Å²) in [5, 5.41) is 12.9. The zero-order valence-corrected chi connectivity index (χ0v) is 8.97. The fraction of sp³-hybridized carbons (Fsp3) is 0. The van der Waals surface area contributed by atoms with Gasteiger partial charge in [0.05, 0.1) is 22.1 Å². The minimum atomic E-state index is -3.17. The second kappa shape index (κ2) is 2.83. The molecular weight excluding hydrogens is 226 g/mol. The van der Waals surface area contributed by atoms with Crippen LogP contribution in [0.3, 0.4) is 0 Å². The molecule has 7 heteroatoms. The van der Waals surface area contributed by atoms with Gasteiger partial charge in [-0.1, -0.05) is 0 Å². The molecule has 1 atom stereocenters. The molecule has 5 N–H and O–H groups in total. The van der Waals surface area contributed by atoms with Crippen molar-refractivity contribution < 1.29 is 4.21 Å². The molecule has 16 heavy (non-hydrogen) atoms. The van der Waals surface area contributed by atoms with Crippen molar-refractivity contribution in [3.05, 3.63) is 24.4 Å². The Labute approximate surface area is 90.9 Å². The lowest BCUT2D eigenvalue weighted by Crippen LogP contribution is -2.09. The first-order chi connectivity index (χ1) is 7.55. The van der Waals surface area contributed by atoms with Crippen LogP contribution >= 0.6 is 0 Å². The van der Waals surface area contributed by atoms with Crippen molar-refractivity contribution in [1.82, 2.24) is 15.2 Å². The zero-order chi connectivity index (χ0) is 11.3. The first kappa shape index (κ1) is 9.37. The van der Waals surface area contributed by atoms with Crippen LogP contribution in [-0.4, -0.2) is 19.4 Å². The van der Waals surface area contributed by atoms with E-state index < -0.39 is 9.92 Å². The van der Waals surface area contributed by atoms with E-state index in [1.165, 1.54) is 0 Å². The third-order valence-electron chi connectivity index (χ3n) is 2.52. The van der Waals surface area contributed by atoms with E-state index in [1.807, 2.05) is 0 Å². The highest BCUT2D eigenvalue weighted by molar-refractivity contribution is 7.90. The normalized spacial score (nSPS) is 15.6. The number of nitrogens with one attached hydrogen (secondary N) is 3. The molecule has 0 amide bonds. The van der Waals surface area contributed by atoms with Crippen LogP contribution in [0.2, 0.25) is 0 Å². The van der Waals surface area contributed by atoms with Crippen molar-refractivity contribution in [1.29, 1.82) is 4.78 Å². The van der Waals surface area contributed by atoms with Crippen molar-refractivity contribution >= 4 is 31.9 Å². The maximum absolute atomic E-state index is 11.4. The molecule has 3 aromatic rings. The zero-order valence-electron chi connectivity index (χ0n) is 8.15. The Kier molecular flexibility index (Phi) is 1.66. The molecule has 0 aliphatic carbocycles. The van der Waals surface area contributed by atoms with Crippen LogP contribution in [0.5, 0.6) is 0 Å².